The Kier molecular flexibility index (Phi) is 8.35. The molecule has 0 atom stereocenters. The van der Waals surface area contributed by atoms with E-state index in [-0.39, 0.29) is 5.57 Å². The summed E-state index contributed by atoms with van der Waals surface area (Å²) in [5.41, 5.74) is 6.84. The summed E-state index contributed by atoms with van der Waals surface area (Å²) in [7, 11) is 1.57. The number of benzene rings is 3. The summed E-state index contributed by atoms with van der Waals surface area (Å²) in [6, 6.07) is 17.7. The molecule has 0 heterocycles. The zero-order chi connectivity index (χ0) is 24.8. The molecule has 5 nitrogen and oxygen atoms in total. The maximum atomic E-state index is 12.7. The minimum Gasteiger partial charge on any atom is -0.493 e. The molecule has 174 valence electrons. The number of nitriles is 1. The van der Waals surface area contributed by atoms with E-state index in [9.17, 15) is 10.1 Å². The average molecular weight is 566 g/mol. The Balaban J connectivity index is 1.83. The monoisotopic (exact) mass is 566 g/mol. The first-order valence-electron chi connectivity index (χ1n) is 10.8. The molecule has 0 aliphatic carbocycles. The van der Waals surface area contributed by atoms with Crippen LogP contribution in [0.5, 0.6) is 11.5 Å². The number of rotatable bonds is 7. The van der Waals surface area contributed by atoms with E-state index in [1.54, 1.807) is 19.3 Å². The number of carbonyl (C=O) groups is 1. The number of methoxy groups -OCH3 is 1. The van der Waals surface area contributed by atoms with Crippen LogP contribution in [0.2, 0.25) is 0 Å². The fourth-order valence-corrected chi connectivity index (χ4v) is 4.51. The molecule has 1 amide bonds. The van der Waals surface area contributed by atoms with Crippen LogP contribution in [0.25, 0.3) is 6.08 Å². The lowest BCUT2D eigenvalue weighted by molar-refractivity contribution is -0.112. The van der Waals surface area contributed by atoms with E-state index in [0.717, 1.165) is 20.3 Å². The van der Waals surface area contributed by atoms with Gasteiger partial charge >= 0.3 is 0 Å². The second kappa shape index (κ2) is 11.2. The highest BCUT2D eigenvalue weighted by Gasteiger charge is 2.15. The highest BCUT2D eigenvalue weighted by atomic mass is 127. The Morgan fingerprint density at radius 1 is 1.03 bits per heavy atom. The zero-order valence-corrected chi connectivity index (χ0v) is 22.1. The quantitative estimate of drug-likeness (QED) is 0.197. The molecule has 0 aliphatic heterocycles. The minimum absolute atomic E-state index is 0.00160. The molecule has 1 N–H and O–H groups in total. The Bertz CT molecular complexity index is 1290. The first-order chi connectivity index (χ1) is 16.2. The van der Waals surface area contributed by atoms with Gasteiger partial charge in [-0.3, -0.25) is 4.79 Å². The van der Waals surface area contributed by atoms with Crippen molar-refractivity contribution in [2.75, 3.05) is 12.4 Å². The van der Waals surface area contributed by atoms with Gasteiger partial charge in [0.2, 0.25) is 0 Å². The number of amides is 1. The summed E-state index contributed by atoms with van der Waals surface area (Å²) < 4.78 is 12.5. The van der Waals surface area contributed by atoms with Gasteiger partial charge in [0.05, 0.1) is 10.7 Å². The smallest absolute Gasteiger partial charge is 0.266 e. The van der Waals surface area contributed by atoms with Gasteiger partial charge in [0.1, 0.15) is 18.2 Å². The van der Waals surface area contributed by atoms with E-state index in [1.165, 1.54) is 11.1 Å². The maximum absolute atomic E-state index is 12.7. The number of nitrogens with zero attached hydrogens (tertiary/aromatic N) is 1. The first-order valence-corrected chi connectivity index (χ1v) is 11.9. The number of hydrogen-bond acceptors (Lipinski definition) is 4. The lowest BCUT2D eigenvalue weighted by Crippen LogP contribution is -2.14. The molecular weight excluding hydrogens is 539 g/mol. The molecule has 0 saturated carbocycles. The van der Waals surface area contributed by atoms with Gasteiger partial charge in [-0.05, 0) is 91.3 Å². The third kappa shape index (κ3) is 6.39. The van der Waals surface area contributed by atoms with Crippen molar-refractivity contribution in [3.05, 3.63) is 91.1 Å². The van der Waals surface area contributed by atoms with Crippen molar-refractivity contribution >= 4 is 40.3 Å². The molecule has 0 aliphatic rings. The van der Waals surface area contributed by atoms with Crippen molar-refractivity contribution in [2.24, 2.45) is 0 Å². The van der Waals surface area contributed by atoms with E-state index in [0.29, 0.717) is 29.4 Å². The second-order valence-corrected chi connectivity index (χ2v) is 9.42. The molecule has 0 spiro atoms. The fraction of sp³-hybridized carbons (Fsp3) is 0.214. The van der Waals surface area contributed by atoms with Gasteiger partial charge < -0.3 is 14.8 Å². The molecule has 0 saturated heterocycles. The number of nitrogens with one attached hydrogen (secondary N) is 1. The van der Waals surface area contributed by atoms with E-state index >= 15 is 0 Å². The average Bonchev–Trinajstić information content (AvgIpc) is 2.77. The van der Waals surface area contributed by atoms with Crippen LogP contribution in [0.1, 0.15) is 33.4 Å². The summed E-state index contributed by atoms with van der Waals surface area (Å²) in [4.78, 5) is 12.7. The van der Waals surface area contributed by atoms with E-state index in [2.05, 4.69) is 60.0 Å². The van der Waals surface area contributed by atoms with Gasteiger partial charge in [-0.25, -0.2) is 0 Å². The molecule has 3 aromatic rings. The Morgan fingerprint density at radius 3 is 2.35 bits per heavy atom. The zero-order valence-electron chi connectivity index (χ0n) is 20.0. The number of ether oxygens (including phenoxy) is 2. The highest BCUT2D eigenvalue weighted by molar-refractivity contribution is 14.1. The van der Waals surface area contributed by atoms with Crippen LogP contribution in [-0.4, -0.2) is 13.0 Å². The third-order valence-corrected chi connectivity index (χ3v) is 6.02. The van der Waals surface area contributed by atoms with Crippen molar-refractivity contribution in [3.8, 4) is 17.6 Å². The molecule has 0 aromatic heterocycles. The van der Waals surface area contributed by atoms with Crippen molar-refractivity contribution in [1.82, 2.24) is 0 Å². The summed E-state index contributed by atoms with van der Waals surface area (Å²) in [6.07, 6.45) is 1.55. The molecule has 0 unspecified atom stereocenters. The van der Waals surface area contributed by atoms with Crippen LogP contribution in [0.3, 0.4) is 0 Å². The second-order valence-electron chi connectivity index (χ2n) is 8.26. The maximum Gasteiger partial charge on any atom is 0.266 e. The van der Waals surface area contributed by atoms with E-state index in [4.69, 9.17) is 9.47 Å². The van der Waals surface area contributed by atoms with Crippen LogP contribution in [0, 0.1) is 42.6 Å². The molecule has 3 rings (SSSR count). The third-order valence-electron chi connectivity index (χ3n) is 5.22. The Morgan fingerprint density at radius 2 is 1.74 bits per heavy atom. The summed E-state index contributed by atoms with van der Waals surface area (Å²) in [5.74, 6) is 0.700. The number of hydrogen-bond donors (Lipinski definition) is 1. The molecule has 3 aromatic carbocycles. The lowest BCUT2D eigenvalue weighted by Gasteiger charge is -2.14. The van der Waals surface area contributed by atoms with Crippen LogP contribution < -0.4 is 14.8 Å². The van der Waals surface area contributed by atoms with Crippen molar-refractivity contribution < 1.29 is 14.3 Å². The van der Waals surface area contributed by atoms with Crippen LogP contribution >= 0.6 is 22.6 Å². The van der Waals surface area contributed by atoms with Gasteiger partial charge in [-0.15, -0.1) is 0 Å². The summed E-state index contributed by atoms with van der Waals surface area (Å²) in [6.45, 7) is 8.44. The van der Waals surface area contributed by atoms with Gasteiger partial charge in [0.25, 0.3) is 5.91 Å². The molecular formula is C28H27IN2O3. The number of carbonyl (C=O) groups excluding carboxylic acids is 1. The molecule has 6 heteroatoms. The predicted octanol–water partition coefficient (Wildman–Crippen LogP) is 6.66. The SMILES string of the molecule is COc1cc(/C=C(\C#N)C(=O)Nc2ccc(C)cc2C)cc(I)c1OCc1cc(C)cc(C)c1. The Labute approximate surface area is 214 Å². The number of anilines is 1. The first kappa shape index (κ1) is 25.3. The largest absolute Gasteiger partial charge is 0.493 e. The van der Waals surface area contributed by atoms with Crippen molar-refractivity contribution in [2.45, 2.75) is 34.3 Å². The topological polar surface area (TPSA) is 71.3 Å². The molecule has 0 radical (unpaired) electrons. The standard InChI is InChI=1S/C28H27IN2O3/c1-17-6-7-25(20(4)9-17)31-28(32)23(15-30)12-21-13-24(29)27(26(14-21)33-5)34-16-22-10-18(2)8-19(3)11-22/h6-14H,16H2,1-5H3,(H,31,32)/b23-12+. The van der Waals surface area contributed by atoms with Gasteiger partial charge in [0.15, 0.2) is 11.5 Å². The van der Waals surface area contributed by atoms with Crippen molar-refractivity contribution in [3.63, 3.8) is 0 Å². The van der Waals surface area contributed by atoms with Crippen LogP contribution in [0.15, 0.2) is 54.1 Å². The lowest BCUT2D eigenvalue weighted by atomic mass is 10.1. The van der Waals surface area contributed by atoms with Crippen LogP contribution in [0.4, 0.5) is 5.69 Å². The Hall–Kier alpha value is -3.31. The summed E-state index contributed by atoms with van der Waals surface area (Å²) in [5, 5.41) is 12.4. The van der Waals surface area contributed by atoms with Crippen molar-refractivity contribution in [1.29, 1.82) is 5.26 Å². The number of halogens is 1. The van der Waals surface area contributed by atoms with Gasteiger partial charge in [-0.2, -0.15) is 5.26 Å². The van der Waals surface area contributed by atoms with Crippen LogP contribution in [-0.2, 0) is 11.4 Å². The summed E-state index contributed by atoms with van der Waals surface area (Å²) >= 11 is 2.18. The van der Waals surface area contributed by atoms with Gasteiger partial charge in [0, 0.05) is 5.69 Å². The van der Waals surface area contributed by atoms with Gasteiger partial charge in [-0.1, -0.05) is 47.0 Å². The molecule has 0 bridgehead atoms. The predicted molar refractivity (Wildman–Crippen MR) is 144 cm³/mol. The normalized spacial score (nSPS) is 11.0. The molecule has 34 heavy (non-hydrogen) atoms. The molecule has 0 fully saturated rings. The highest BCUT2D eigenvalue weighted by Crippen LogP contribution is 2.35. The minimum atomic E-state index is -0.460. The van der Waals surface area contributed by atoms with E-state index < -0.39 is 5.91 Å². The fourth-order valence-electron chi connectivity index (χ4n) is 3.73. The number of aryl methyl sites for hydroxylation is 4. The van der Waals surface area contributed by atoms with E-state index in [1.807, 2.05) is 44.2 Å².